The van der Waals surface area contributed by atoms with E-state index in [1.54, 1.807) is 22.4 Å². The predicted molar refractivity (Wildman–Crippen MR) is 115 cm³/mol. The van der Waals surface area contributed by atoms with Gasteiger partial charge in [-0.2, -0.15) is 4.98 Å². The van der Waals surface area contributed by atoms with E-state index >= 15 is 0 Å². The molecule has 0 aliphatic carbocycles. The first-order valence-electron chi connectivity index (χ1n) is 9.14. The first kappa shape index (κ1) is 19.8. The van der Waals surface area contributed by atoms with E-state index in [0.717, 1.165) is 35.7 Å². The summed E-state index contributed by atoms with van der Waals surface area (Å²) in [5.74, 6) is 1.56. The molecule has 0 aromatic carbocycles. The van der Waals surface area contributed by atoms with Gasteiger partial charge in [0.15, 0.2) is 0 Å². The van der Waals surface area contributed by atoms with Crippen LogP contribution in [0.4, 0.5) is 11.8 Å². The molecular formula is C19H25N7OS. The molecule has 0 radical (unpaired) electrons. The SMILES string of the molecule is C=CC(=O)N1CC(CNc2nc(N/C(C=N)=C/NC(C)C)nc3ccsc23)C1. The fourth-order valence-electron chi connectivity index (χ4n) is 2.79. The Morgan fingerprint density at radius 2 is 2.25 bits per heavy atom. The molecule has 0 bridgehead atoms. The van der Waals surface area contributed by atoms with Crippen LogP contribution in [0.2, 0.25) is 0 Å². The topological polar surface area (TPSA) is 106 Å². The van der Waals surface area contributed by atoms with Crippen molar-refractivity contribution < 1.29 is 4.79 Å². The van der Waals surface area contributed by atoms with E-state index in [-0.39, 0.29) is 11.9 Å². The number of likely N-dealkylation sites (tertiary alicyclic amines) is 1. The maximum absolute atomic E-state index is 11.6. The molecule has 2 aromatic heterocycles. The van der Waals surface area contributed by atoms with Crippen LogP contribution < -0.4 is 16.0 Å². The van der Waals surface area contributed by atoms with Crippen molar-refractivity contribution in [3.63, 3.8) is 0 Å². The third-order valence-electron chi connectivity index (χ3n) is 4.29. The van der Waals surface area contributed by atoms with Crippen LogP contribution in [0, 0.1) is 11.3 Å². The van der Waals surface area contributed by atoms with E-state index in [9.17, 15) is 4.79 Å². The minimum atomic E-state index is -0.0219. The number of rotatable bonds is 9. The van der Waals surface area contributed by atoms with E-state index in [2.05, 4.69) is 32.5 Å². The molecule has 1 amide bonds. The van der Waals surface area contributed by atoms with Crippen LogP contribution in [0.3, 0.4) is 0 Å². The molecule has 0 unspecified atom stereocenters. The lowest BCUT2D eigenvalue weighted by Gasteiger charge is -2.38. The maximum Gasteiger partial charge on any atom is 0.245 e. The predicted octanol–water partition coefficient (Wildman–Crippen LogP) is 2.65. The maximum atomic E-state index is 11.6. The van der Waals surface area contributed by atoms with Gasteiger partial charge in [-0.1, -0.05) is 6.58 Å². The molecule has 3 heterocycles. The first-order valence-corrected chi connectivity index (χ1v) is 10.0. The third kappa shape index (κ3) is 4.66. The van der Waals surface area contributed by atoms with Gasteiger partial charge in [0.2, 0.25) is 11.9 Å². The lowest BCUT2D eigenvalue weighted by Crippen LogP contribution is -2.51. The zero-order valence-corrected chi connectivity index (χ0v) is 16.8. The summed E-state index contributed by atoms with van der Waals surface area (Å²) in [5, 5.41) is 19.2. The Balaban J connectivity index is 1.69. The van der Waals surface area contributed by atoms with Crippen molar-refractivity contribution in [3.05, 3.63) is 36.0 Å². The van der Waals surface area contributed by atoms with Crippen molar-refractivity contribution in [1.29, 1.82) is 5.41 Å². The molecule has 1 fully saturated rings. The van der Waals surface area contributed by atoms with E-state index in [1.165, 1.54) is 12.3 Å². The van der Waals surface area contributed by atoms with Gasteiger partial charge in [0, 0.05) is 44.0 Å². The highest BCUT2D eigenvalue weighted by Crippen LogP contribution is 2.28. The number of hydrogen-bond donors (Lipinski definition) is 4. The monoisotopic (exact) mass is 399 g/mol. The summed E-state index contributed by atoms with van der Waals surface area (Å²) in [6.07, 6.45) is 4.32. The molecule has 8 nitrogen and oxygen atoms in total. The molecule has 9 heteroatoms. The van der Waals surface area contributed by atoms with Crippen LogP contribution in [0.5, 0.6) is 0 Å². The van der Waals surface area contributed by atoms with Crippen molar-refractivity contribution in [3.8, 4) is 0 Å². The number of carbonyl (C=O) groups is 1. The Hall–Kier alpha value is -2.94. The zero-order chi connectivity index (χ0) is 20.1. The fourth-order valence-corrected chi connectivity index (χ4v) is 3.58. The number of aromatic nitrogens is 2. The van der Waals surface area contributed by atoms with Gasteiger partial charge in [-0.05, 0) is 31.4 Å². The molecule has 4 N–H and O–H groups in total. The summed E-state index contributed by atoms with van der Waals surface area (Å²) in [4.78, 5) is 22.5. The highest BCUT2D eigenvalue weighted by Gasteiger charge is 2.29. The van der Waals surface area contributed by atoms with Crippen LogP contribution in [-0.4, -0.2) is 52.7 Å². The van der Waals surface area contributed by atoms with Gasteiger partial charge in [-0.15, -0.1) is 11.3 Å². The Morgan fingerprint density at radius 3 is 2.93 bits per heavy atom. The van der Waals surface area contributed by atoms with Gasteiger partial charge in [-0.3, -0.25) is 4.79 Å². The number of hydrogen-bond acceptors (Lipinski definition) is 8. The molecular weight excluding hydrogens is 374 g/mol. The number of thiophene rings is 1. The largest absolute Gasteiger partial charge is 0.387 e. The number of amides is 1. The second-order valence-corrected chi connectivity index (χ2v) is 7.83. The Morgan fingerprint density at radius 1 is 1.46 bits per heavy atom. The smallest absolute Gasteiger partial charge is 0.245 e. The van der Waals surface area contributed by atoms with Gasteiger partial charge < -0.3 is 26.3 Å². The molecule has 3 rings (SSSR count). The molecule has 0 spiro atoms. The van der Waals surface area contributed by atoms with Crippen molar-refractivity contribution in [2.24, 2.45) is 5.92 Å². The number of carbonyl (C=O) groups excluding carboxylic acids is 1. The summed E-state index contributed by atoms with van der Waals surface area (Å²) in [5.41, 5.74) is 1.43. The second-order valence-electron chi connectivity index (χ2n) is 6.92. The number of nitrogens with zero attached hydrogens (tertiary/aromatic N) is 3. The van der Waals surface area contributed by atoms with Crippen LogP contribution >= 0.6 is 11.3 Å². The summed E-state index contributed by atoms with van der Waals surface area (Å²) in [6.45, 7) is 9.75. The summed E-state index contributed by atoms with van der Waals surface area (Å²) in [7, 11) is 0. The van der Waals surface area contributed by atoms with Crippen LogP contribution in [-0.2, 0) is 4.79 Å². The molecule has 2 aromatic rings. The van der Waals surface area contributed by atoms with Crippen molar-refractivity contribution in [2.75, 3.05) is 30.3 Å². The lowest BCUT2D eigenvalue weighted by atomic mass is 10.00. The van der Waals surface area contributed by atoms with Gasteiger partial charge >= 0.3 is 0 Å². The van der Waals surface area contributed by atoms with E-state index < -0.39 is 0 Å². The van der Waals surface area contributed by atoms with Crippen molar-refractivity contribution in [1.82, 2.24) is 20.2 Å². The van der Waals surface area contributed by atoms with Gasteiger partial charge in [0.25, 0.3) is 0 Å². The van der Waals surface area contributed by atoms with E-state index in [0.29, 0.717) is 17.6 Å². The summed E-state index contributed by atoms with van der Waals surface area (Å²) in [6, 6.07) is 2.22. The quantitative estimate of drug-likeness (QED) is 0.382. The fraction of sp³-hybridized carbons (Fsp3) is 0.368. The van der Waals surface area contributed by atoms with E-state index in [4.69, 9.17) is 5.41 Å². The molecule has 1 saturated heterocycles. The normalized spacial score (nSPS) is 14.7. The standard InChI is InChI=1S/C19H25N7OS/c1-4-16(27)26-10-13(11-26)8-22-18-17-15(5-6-28-17)24-19(25-18)23-14(7-20)9-21-12(2)3/h4-7,9,12-13,20-21H,1,8,10-11H2,2-3H3,(H2,22,23,24,25)/b14-9+,20-7?. The van der Waals surface area contributed by atoms with Crippen molar-refractivity contribution in [2.45, 2.75) is 19.9 Å². The van der Waals surface area contributed by atoms with Crippen molar-refractivity contribution >= 4 is 45.4 Å². The molecule has 0 atom stereocenters. The average Bonchev–Trinajstić information content (AvgIpc) is 3.11. The minimum Gasteiger partial charge on any atom is -0.387 e. The molecule has 148 valence electrons. The highest BCUT2D eigenvalue weighted by molar-refractivity contribution is 7.17. The molecule has 0 saturated carbocycles. The lowest BCUT2D eigenvalue weighted by molar-refractivity contribution is -0.131. The van der Waals surface area contributed by atoms with Crippen LogP contribution in [0.1, 0.15) is 13.8 Å². The average molecular weight is 400 g/mol. The van der Waals surface area contributed by atoms with Gasteiger partial charge in [0.05, 0.1) is 15.9 Å². The molecule has 28 heavy (non-hydrogen) atoms. The summed E-state index contributed by atoms with van der Waals surface area (Å²) >= 11 is 1.58. The highest BCUT2D eigenvalue weighted by atomic mass is 32.1. The van der Waals surface area contributed by atoms with E-state index in [1.807, 2.05) is 25.3 Å². The number of fused-ring (bicyclic) bond motifs is 1. The number of nitrogens with one attached hydrogen (secondary N) is 4. The van der Waals surface area contributed by atoms with Gasteiger partial charge in [-0.25, -0.2) is 4.98 Å². The minimum absolute atomic E-state index is 0.0219. The first-order chi connectivity index (χ1) is 13.5. The third-order valence-corrected chi connectivity index (χ3v) is 5.20. The van der Waals surface area contributed by atoms with Crippen LogP contribution in [0.15, 0.2) is 36.0 Å². The molecule has 1 aliphatic rings. The summed E-state index contributed by atoms with van der Waals surface area (Å²) < 4.78 is 0.990. The zero-order valence-electron chi connectivity index (χ0n) is 16.0. The van der Waals surface area contributed by atoms with Gasteiger partial charge in [0.1, 0.15) is 5.82 Å². The number of anilines is 2. The molecule has 1 aliphatic heterocycles. The second kappa shape index (κ2) is 8.83. The number of allylic oxidation sites excluding steroid dienone is 1. The Kier molecular flexibility index (Phi) is 6.25. The Labute approximate surface area is 168 Å². The van der Waals surface area contributed by atoms with Crippen LogP contribution in [0.25, 0.3) is 10.2 Å². The Bertz CT molecular complexity index is 899.